The lowest BCUT2D eigenvalue weighted by Crippen LogP contribution is -2.42. The number of ether oxygens (including phenoxy) is 1. The van der Waals surface area contributed by atoms with Crippen molar-refractivity contribution in [2.75, 3.05) is 13.1 Å². The van der Waals surface area contributed by atoms with Gasteiger partial charge in [0.15, 0.2) is 0 Å². The number of rotatable bonds is 5. The third kappa shape index (κ3) is 5.43. The van der Waals surface area contributed by atoms with Gasteiger partial charge in [-0.05, 0) is 36.6 Å². The van der Waals surface area contributed by atoms with Gasteiger partial charge >= 0.3 is 12.2 Å². The highest BCUT2D eigenvalue weighted by atomic mass is 19.4. The summed E-state index contributed by atoms with van der Waals surface area (Å²) in [4.78, 5) is 22.4. The van der Waals surface area contributed by atoms with Gasteiger partial charge in [0.2, 0.25) is 5.91 Å². The average molecular weight is 393 g/mol. The second kappa shape index (κ2) is 8.58. The molecule has 1 saturated heterocycles. The summed E-state index contributed by atoms with van der Waals surface area (Å²) in [5, 5.41) is 0. The van der Waals surface area contributed by atoms with Gasteiger partial charge in [-0.15, -0.1) is 0 Å². The van der Waals surface area contributed by atoms with Gasteiger partial charge in [0, 0.05) is 44.7 Å². The van der Waals surface area contributed by atoms with Crippen LogP contribution in [-0.4, -0.2) is 40.0 Å². The number of hydrogen-bond acceptors (Lipinski definition) is 4. The van der Waals surface area contributed by atoms with Crippen molar-refractivity contribution in [1.29, 1.82) is 0 Å². The highest BCUT2D eigenvalue weighted by molar-refractivity contribution is 5.76. The topological polar surface area (TPSA) is 55.3 Å². The van der Waals surface area contributed by atoms with Crippen LogP contribution >= 0.6 is 0 Å². The summed E-state index contributed by atoms with van der Waals surface area (Å²) in [7, 11) is 0. The van der Waals surface area contributed by atoms with Crippen molar-refractivity contribution in [3.05, 3.63) is 53.3 Å². The zero-order chi connectivity index (χ0) is 20.1. The molecule has 1 aromatic heterocycles. The molecule has 0 spiro atoms. The van der Waals surface area contributed by atoms with Crippen LogP contribution in [0.3, 0.4) is 0 Å². The van der Waals surface area contributed by atoms with Crippen molar-refractivity contribution in [3.63, 3.8) is 0 Å². The maximum Gasteiger partial charge on any atom is 0.416 e. The predicted molar refractivity (Wildman–Crippen MR) is 96.8 cm³/mol. The minimum atomic E-state index is -4.34. The molecule has 2 heterocycles. The molecule has 2 aromatic rings. The van der Waals surface area contributed by atoms with Gasteiger partial charge in [-0.1, -0.05) is 12.1 Å². The Morgan fingerprint density at radius 3 is 2.32 bits per heavy atom. The second-order valence-corrected chi connectivity index (χ2v) is 6.94. The fourth-order valence-corrected chi connectivity index (χ4v) is 3.08. The number of alkyl halides is 3. The molecule has 1 aliphatic heterocycles. The zero-order valence-corrected chi connectivity index (χ0v) is 15.6. The van der Waals surface area contributed by atoms with Crippen LogP contribution in [0.5, 0.6) is 6.01 Å². The zero-order valence-electron chi connectivity index (χ0n) is 15.6. The Hall–Kier alpha value is -2.64. The molecule has 0 atom stereocenters. The molecule has 1 aliphatic rings. The lowest BCUT2D eigenvalue weighted by Gasteiger charge is -2.31. The molecule has 0 N–H and O–H groups in total. The summed E-state index contributed by atoms with van der Waals surface area (Å²) in [5.74, 6) is 0.00457. The molecule has 0 saturated carbocycles. The van der Waals surface area contributed by atoms with Gasteiger partial charge in [0.1, 0.15) is 6.10 Å². The Morgan fingerprint density at radius 2 is 1.75 bits per heavy atom. The minimum Gasteiger partial charge on any atom is -0.460 e. The summed E-state index contributed by atoms with van der Waals surface area (Å²) in [6, 6.07) is 5.30. The third-order valence-corrected chi connectivity index (χ3v) is 4.73. The van der Waals surface area contributed by atoms with Gasteiger partial charge < -0.3 is 9.64 Å². The van der Waals surface area contributed by atoms with E-state index in [-0.39, 0.29) is 18.4 Å². The van der Waals surface area contributed by atoms with Crippen molar-refractivity contribution in [2.24, 2.45) is 0 Å². The Kier molecular flexibility index (Phi) is 6.16. The normalized spacial score (nSPS) is 15.5. The van der Waals surface area contributed by atoms with E-state index in [2.05, 4.69) is 9.97 Å². The molecular formula is C20H22F3N3O2. The summed E-state index contributed by atoms with van der Waals surface area (Å²) in [6.45, 7) is 3.07. The summed E-state index contributed by atoms with van der Waals surface area (Å²) in [5.41, 5.74) is 0.999. The highest BCUT2D eigenvalue weighted by Crippen LogP contribution is 2.29. The highest BCUT2D eigenvalue weighted by Gasteiger charge is 2.30. The summed E-state index contributed by atoms with van der Waals surface area (Å²) < 4.78 is 43.5. The first-order valence-corrected chi connectivity index (χ1v) is 9.20. The molecule has 3 rings (SSSR count). The van der Waals surface area contributed by atoms with E-state index in [0.29, 0.717) is 38.4 Å². The number of piperidine rings is 1. The molecule has 0 aliphatic carbocycles. The van der Waals surface area contributed by atoms with Crippen molar-refractivity contribution < 1.29 is 22.7 Å². The first-order chi connectivity index (χ1) is 13.3. The summed E-state index contributed by atoms with van der Waals surface area (Å²) >= 11 is 0. The van der Waals surface area contributed by atoms with Crippen LogP contribution in [0.1, 0.15) is 36.0 Å². The van der Waals surface area contributed by atoms with Crippen LogP contribution in [0.15, 0.2) is 36.7 Å². The Morgan fingerprint density at radius 1 is 1.14 bits per heavy atom. The van der Waals surface area contributed by atoms with E-state index in [9.17, 15) is 18.0 Å². The van der Waals surface area contributed by atoms with Gasteiger partial charge in [-0.3, -0.25) is 4.79 Å². The lowest BCUT2D eigenvalue weighted by molar-refractivity contribution is -0.137. The van der Waals surface area contributed by atoms with E-state index >= 15 is 0 Å². The fraction of sp³-hybridized carbons (Fsp3) is 0.450. The van der Waals surface area contributed by atoms with Gasteiger partial charge in [-0.2, -0.15) is 13.2 Å². The molecular weight excluding hydrogens is 371 g/mol. The van der Waals surface area contributed by atoms with Crippen molar-refractivity contribution in [1.82, 2.24) is 14.9 Å². The Balaban J connectivity index is 1.43. The SMILES string of the molecule is Cc1cnc(OC2CCN(C(=O)CCc3ccc(C(F)(F)F)cc3)CC2)nc1. The molecule has 5 nitrogen and oxygen atoms in total. The van der Waals surface area contributed by atoms with Crippen molar-refractivity contribution >= 4 is 5.91 Å². The number of aromatic nitrogens is 2. The van der Waals surface area contributed by atoms with Gasteiger partial charge in [0.25, 0.3) is 0 Å². The van der Waals surface area contributed by atoms with Crippen LogP contribution in [0, 0.1) is 6.92 Å². The minimum absolute atomic E-state index is 0.00457. The Labute approximate surface area is 161 Å². The largest absolute Gasteiger partial charge is 0.460 e. The number of halogens is 3. The molecule has 1 fully saturated rings. The predicted octanol–water partition coefficient (Wildman–Crippen LogP) is 3.81. The molecule has 8 heteroatoms. The monoisotopic (exact) mass is 393 g/mol. The van der Waals surface area contributed by atoms with E-state index < -0.39 is 11.7 Å². The molecule has 1 aromatic carbocycles. The first kappa shape index (κ1) is 20.1. The lowest BCUT2D eigenvalue weighted by atomic mass is 10.0. The van der Waals surface area contributed by atoms with Crippen LogP contribution in [0.2, 0.25) is 0 Å². The van der Waals surface area contributed by atoms with E-state index in [0.717, 1.165) is 23.3 Å². The number of aryl methyl sites for hydroxylation is 2. The van der Waals surface area contributed by atoms with E-state index in [1.807, 2.05) is 6.92 Å². The van der Waals surface area contributed by atoms with E-state index in [1.54, 1.807) is 17.3 Å². The Bertz CT molecular complexity index is 784. The van der Waals surface area contributed by atoms with Gasteiger partial charge in [0.05, 0.1) is 5.56 Å². The molecule has 0 radical (unpaired) electrons. The number of benzene rings is 1. The van der Waals surface area contributed by atoms with E-state index in [1.165, 1.54) is 12.1 Å². The standard InChI is InChI=1S/C20H22F3N3O2/c1-14-12-24-19(25-13-14)28-17-8-10-26(11-9-17)18(27)7-4-15-2-5-16(6-3-15)20(21,22)23/h2-3,5-6,12-13,17H,4,7-11H2,1H3. The molecule has 150 valence electrons. The van der Waals surface area contributed by atoms with Gasteiger partial charge in [-0.25, -0.2) is 9.97 Å². The molecule has 1 amide bonds. The number of carbonyl (C=O) groups excluding carboxylic acids is 1. The number of carbonyl (C=O) groups is 1. The van der Waals surface area contributed by atoms with Crippen LogP contribution in [-0.2, 0) is 17.4 Å². The molecule has 0 unspecified atom stereocenters. The van der Waals surface area contributed by atoms with Crippen molar-refractivity contribution in [3.8, 4) is 6.01 Å². The average Bonchev–Trinajstić information content (AvgIpc) is 2.68. The second-order valence-electron chi connectivity index (χ2n) is 6.94. The summed E-state index contributed by atoms with van der Waals surface area (Å²) in [6.07, 6.45) is 1.12. The first-order valence-electron chi connectivity index (χ1n) is 9.20. The van der Waals surface area contributed by atoms with Crippen molar-refractivity contribution in [2.45, 2.75) is 44.9 Å². The molecule has 0 bridgehead atoms. The molecule has 28 heavy (non-hydrogen) atoms. The quantitative estimate of drug-likeness (QED) is 0.775. The number of nitrogens with zero attached hydrogens (tertiary/aromatic N) is 3. The van der Waals surface area contributed by atoms with Crippen LogP contribution in [0.4, 0.5) is 13.2 Å². The number of hydrogen-bond donors (Lipinski definition) is 0. The number of likely N-dealkylation sites (tertiary alicyclic amines) is 1. The van der Waals surface area contributed by atoms with Crippen LogP contribution < -0.4 is 4.74 Å². The third-order valence-electron chi connectivity index (χ3n) is 4.73. The smallest absolute Gasteiger partial charge is 0.416 e. The van der Waals surface area contributed by atoms with E-state index in [4.69, 9.17) is 4.74 Å². The maximum atomic E-state index is 12.6. The fourth-order valence-electron chi connectivity index (χ4n) is 3.08. The van der Waals surface area contributed by atoms with Crippen LogP contribution in [0.25, 0.3) is 0 Å². The maximum absolute atomic E-state index is 12.6. The number of amides is 1.